The number of aromatic amines is 1. The van der Waals surface area contributed by atoms with E-state index in [0.717, 1.165) is 30.4 Å². The molecule has 1 aromatic rings. The molecule has 0 amide bonds. The summed E-state index contributed by atoms with van der Waals surface area (Å²) in [5.41, 5.74) is 1.19. The first-order valence-corrected chi connectivity index (χ1v) is 6.33. The largest absolute Gasteiger partial charge is 0.344 e. The molecule has 0 spiro atoms. The SMILES string of the molecule is CCCNCc1cnc(CSCC)[nH]1. The molecular formula is C10H19N3S. The highest BCUT2D eigenvalue weighted by molar-refractivity contribution is 7.98. The van der Waals surface area contributed by atoms with E-state index in [1.807, 2.05) is 18.0 Å². The molecule has 1 heterocycles. The van der Waals surface area contributed by atoms with Crippen LogP contribution in [0.4, 0.5) is 0 Å². The monoisotopic (exact) mass is 213 g/mol. The van der Waals surface area contributed by atoms with Gasteiger partial charge in [-0.15, -0.1) is 0 Å². The number of aromatic nitrogens is 2. The quantitative estimate of drug-likeness (QED) is 0.682. The van der Waals surface area contributed by atoms with E-state index in [1.165, 1.54) is 12.1 Å². The average molecular weight is 213 g/mol. The minimum Gasteiger partial charge on any atom is -0.344 e. The summed E-state index contributed by atoms with van der Waals surface area (Å²) in [5.74, 6) is 3.22. The number of nitrogens with one attached hydrogen (secondary N) is 2. The summed E-state index contributed by atoms with van der Waals surface area (Å²) in [6.07, 6.45) is 3.10. The normalized spacial score (nSPS) is 10.7. The zero-order valence-electron chi connectivity index (χ0n) is 8.97. The molecule has 14 heavy (non-hydrogen) atoms. The molecule has 0 aliphatic rings. The van der Waals surface area contributed by atoms with Gasteiger partial charge in [0.2, 0.25) is 0 Å². The fourth-order valence-corrected chi connectivity index (χ4v) is 1.71. The Balaban J connectivity index is 2.27. The highest BCUT2D eigenvalue weighted by atomic mass is 32.2. The van der Waals surface area contributed by atoms with Gasteiger partial charge in [0.1, 0.15) is 5.82 Å². The van der Waals surface area contributed by atoms with Gasteiger partial charge in [-0.25, -0.2) is 4.98 Å². The summed E-state index contributed by atoms with van der Waals surface area (Å²) < 4.78 is 0. The van der Waals surface area contributed by atoms with Crippen molar-refractivity contribution in [3.05, 3.63) is 17.7 Å². The zero-order chi connectivity index (χ0) is 10.2. The summed E-state index contributed by atoms with van der Waals surface area (Å²) in [4.78, 5) is 7.63. The third-order valence-electron chi connectivity index (χ3n) is 1.87. The number of hydrogen-bond acceptors (Lipinski definition) is 3. The van der Waals surface area contributed by atoms with E-state index >= 15 is 0 Å². The fraction of sp³-hybridized carbons (Fsp3) is 0.700. The standard InChI is InChI=1S/C10H19N3S/c1-3-5-11-6-9-7-12-10(13-9)8-14-4-2/h7,11H,3-6,8H2,1-2H3,(H,12,13). The topological polar surface area (TPSA) is 40.7 Å². The van der Waals surface area contributed by atoms with E-state index < -0.39 is 0 Å². The van der Waals surface area contributed by atoms with Gasteiger partial charge >= 0.3 is 0 Å². The highest BCUT2D eigenvalue weighted by Crippen LogP contribution is 2.08. The van der Waals surface area contributed by atoms with Crippen molar-refractivity contribution in [2.75, 3.05) is 12.3 Å². The van der Waals surface area contributed by atoms with Crippen LogP contribution in [-0.4, -0.2) is 22.3 Å². The molecule has 0 aliphatic carbocycles. The Bertz CT molecular complexity index is 247. The molecule has 0 unspecified atom stereocenters. The fourth-order valence-electron chi connectivity index (χ4n) is 1.17. The summed E-state index contributed by atoms with van der Waals surface area (Å²) in [6, 6.07) is 0. The summed E-state index contributed by atoms with van der Waals surface area (Å²) in [5, 5.41) is 3.34. The van der Waals surface area contributed by atoms with Crippen LogP contribution in [-0.2, 0) is 12.3 Å². The van der Waals surface area contributed by atoms with Crippen LogP contribution >= 0.6 is 11.8 Å². The summed E-state index contributed by atoms with van der Waals surface area (Å²) in [7, 11) is 0. The lowest BCUT2D eigenvalue weighted by molar-refractivity contribution is 0.666. The molecule has 2 N–H and O–H groups in total. The van der Waals surface area contributed by atoms with Crippen LogP contribution in [0.3, 0.4) is 0 Å². The van der Waals surface area contributed by atoms with E-state index in [4.69, 9.17) is 0 Å². The highest BCUT2D eigenvalue weighted by Gasteiger charge is 1.99. The first kappa shape index (κ1) is 11.6. The van der Waals surface area contributed by atoms with Gasteiger partial charge in [-0.2, -0.15) is 11.8 Å². The predicted molar refractivity (Wildman–Crippen MR) is 62.4 cm³/mol. The number of rotatable bonds is 7. The van der Waals surface area contributed by atoms with Crippen molar-refractivity contribution in [2.45, 2.75) is 32.6 Å². The van der Waals surface area contributed by atoms with Crippen molar-refractivity contribution in [2.24, 2.45) is 0 Å². The summed E-state index contributed by atoms with van der Waals surface area (Å²) in [6.45, 7) is 6.30. The van der Waals surface area contributed by atoms with Crippen LogP contribution < -0.4 is 5.32 Å². The Morgan fingerprint density at radius 1 is 1.50 bits per heavy atom. The number of H-pyrrole nitrogens is 1. The maximum Gasteiger partial charge on any atom is 0.116 e. The molecule has 0 fully saturated rings. The van der Waals surface area contributed by atoms with Crippen molar-refractivity contribution >= 4 is 11.8 Å². The Kier molecular flexibility index (Phi) is 5.71. The Hall–Kier alpha value is -0.480. The first-order valence-electron chi connectivity index (χ1n) is 5.18. The lowest BCUT2D eigenvalue weighted by Gasteiger charge is -1.99. The molecule has 0 saturated carbocycles. The lowest BCUT2D eigenvalue weighted by Crippen LogP contribution is -2.13. The molecule has 80 valence electrons. The predicted octanol–water partition coefficient (Wildman–Crippen LogP) is 2.16. The number of hydrogen-bond donors (Lipinski definition) is 2. The molecular weight excluding hydrogens is 194 g/mol. The molecule has 0 aromatic carbocycles. The minimum absolute atomic E-state index is 0.900. The van der Waals surface area contributed by atoms with Crippen molar-refractivity contribution in [1.29, 1.82) is 0 Å². The van der Waals surface area contributed by atoms with Gasteiger partial charge in [0, 0.05) is 18.4 Å². The molecule has 0 saturated heterocycles. The van der Waals surface area contributed by atoms with Gasteiger partial charge in [-0.1, -0.05) is 13.8 Å². The molecule has 3 nitrogen and oxygen atoms in total. The smallest absolute Gasteiger partial charge is 0.116 e. The maximum atomic E-state index is 4.32. The van der Waals surface area contributed by atoms with Crippen molar-refractivity contribution in [1.82, 2.24) is 15.3 Å². The summed E-state index contributed by atoms with van der Waals surface area (Å²) >= 11 is 1.89. The molecule has 0 radical (unpaired) electrons. The minimum atomic E-state index is 0.900. The second-order valence-electron chi connectivity index (χ2n) is 3.17. The second-order valence-corrected chi connectivity index (χ2v) is 4.44. The molecule has 1 rings (SSSR count). The van der Waals surface area contributed by atoms with E-state index in [-0.39, 0.29) is 0 Å². The van der Waals surface area contributed by atoms with Crippen LogP contribution in [0.2, 0.25) is 0 Å². The van der Waals surface area contributed by atoms with E-state index in [9.17, 15) is 0 Å². The zero-order valence-corrected chi connectivity index (χ0v) is 9.78. The second kappa shape index (κ2) is 6.90. The Morgan fingerprint density at radius 2 is 2.36 bits per heavy atom. The van der Waals surface area contributed by atoms with Crippen LogP contribution in [0.1, 0.15) is 31.8 Å². The van der Waals surface area contributed by atoms with Crippen LogP contribution in [0.25, 0.3) is 0 Å². The van der Waals surface area contributed by atoms with Gasteiger partial charge < -0.3 is 10.3 Å². The average Bonchev–Trinajstić information content (AvgIpc) is 2.63. The molecule has 0 aliphatic heterocycles. The maximum absolute atomic E-state index is 4.32. The number of nitrogens with zero attached hydrogens (tertiary/aromatic N) is 1. The van der Waals surface area contributed by atoms with Gasteiger partial charge in [0.25, 0.3) is 0 Å². The van der Waals surface area contributed by atoms with Crippen LogP contribution in [0, 0.1) is 0 Å². The van der Waals surface area contributed by atoms with Gasteiger partial charge in [-0.05, 0) is 18.7 Å². The van der Waals surface area contributed by atoms with Crippen LogP contribution in [0.5, 0.6) is 0 Å². The van der Waals surface area contributed by atoms with Crippen LogP contribution in [0.15, 0.2) is 6.20 Å². The molecule has 0 atom stereocenters. The Morgan fingerprint density at radius 3 is 3.07 bits per heavy atom. The first-order chi connectivity index (χ1) is 6.86. The number of imidazole rings is 1. The van der Waals surface area contributed by atoms with Crippen molar-refractivity contribution in [3.63, 3.8) is 0 Å². The van der Waals surface area contributed by atoms with E-state index in [2.05, 4.69) is 29.1 Å². The van der Waals surface area contributed by atoms with Gasteiger partial charge in [-0.3, -0.25) is 0 Å². The molecule has 4 heteroatoms. The molecule has 0 bridgehead atoms. The lowest BCUT2D eigenvalue weighted by atomic mass is 10.4. The van der Waals surface area contributed by atoms with Gasteiger partial charge in [0.05, 0.1) is 5.75 Å². The van der Waals surface area contributed by atoms with Crippen molar-refractivity contribution in [3.8, 4) is 0 Å². The third-order valence-corrected chi connectivity index (χ3v) is 2.75. The van der Waals surface area contributed by atoms with Gasteiger partial charge in [0.15, 0.2) is 0 Å². The third kappa shape index (κ3) is 4.15. The Labute approximate surface area is 90.1 Å². The number of thioether (sulfide) groups is 1. The van der Waals surface area contributed by atoms with E-state index in [0.29, 0.717) is 0 Å². The van der Waals surface area contributed by atoms with E-state index in [1.54, 1.807) is 0 Å². The van der Waals surface area contributed by atoms with Crippen molar-refractivity contribution < 1.29 is 0 Å². The molecule has 1 aromatic heterocycles.